The summed E-state index contributed by atoms with van der Waals surface area (Å²) < 4.78 is 0. The average molecular weight is 388 g/mol. The zero-order chi connectivity index (χ0) is 19.8. The lowest BCUT2D eigenvalue weighted by Gasteiger charge is -2.13. The van der Waals surface area contributed by atoms with Crippen molar-refractivity contribution in [3.8, 4) is 0 Å². The summed E-state index contributed by atoms with van der Waals surface area (Å²) in [6.07, 6.45) is 1.86. The molecule has 0 unspecified atom stereocenters. The average Bonchev–Trinajstić information content (AvgIpc) is 2.92. The summed E-state index contributed by atoms with van der Waals surface area (Å²) >= 11 is 1.02. The van der Waals surface area contributed by atoms with Gasteiger partial charge in [0.2, 0.25) is 0 Å². The number of nitrogens with zero attached hydrogens (tertiary/aromatic N) is 1. The van der Waals surface area contributed by atoms with Gasteiger partial charge >= 0.3 is 0 Å². The van der Waals surface area contributed by atoms with Crippen molar-refractivity contribution >= 4 is 39.8 Å². The fourth-order valence-corrected chi connectivity index (χ4v) is 4.53. The first kappa shape index (κ1) is 18.5. The molecule has 3 aromatic carbocycles. The second-order valence-corrected chi connectivity index (χ2v) is 8.25. The number of carbonyl (C=O) groups excluding carboxylic acids is 2. The monoisotopic (exact) mass is 387 g/mol. The van der Waals surface area contributed by atoms with Crippen molar-refractivity contribution in [3.05, 3.63) is 87.3 Å². The molecule has 0 spiro atoms. The lowest BCUT2D eigenvalue weighted by molar-refractivity contribution is -0.123. The second kappa shape index (κ2) is 7.28. The van der Waals surface area contributed by atoms with Gasteiger partial charge in [-0.15, -0.1) is 0 Å². The first-order chi connectivity index (χ1) is 13.4. The van der Waals surface area contributed by atoms with Gasteiger partial charge in [0.05, 0.1) is 11.4 Å². The number of aryl methyl sites for hydroxylation is 3. The first-order valence-corrected chi connectivity index (χ1v) is 10.0. The van der Waals surface area contributed by atoms with Crippen LogP contribution in [0.25, 0.3) is 16.8 Å². The van der Waals surface area contributed by atoms with Crippen LogP contribution in [-0.2, 0) is 11.3 Å². The van der Waals surface area contributed by atoms with Gasteiger partial charge in [0.15, 0.2) is 0 Å². The Balaban J connectivity index is 1.62. The van der Waals surface area contributed by atoms with E-state index in [0.717, 1.165) is 44.8 Å². The van der Waals surface area contributed by atoms with E-state index < -0.39 is 0 Å². The van der Waals surface area contributed by atoms with Gasteiger partial charge in [-0.1, -0.05) is 54.1 Å². The molecule has 0 N–H and O–H groups in total. The summed E-state index contributed by atoms with van der Waals surface area (Å²) in [5, 5.41) is 2.03. The fraction of sp³-hybridized carbons (Fsp3) is 0.167. The maximum absolute atomic E-state index is 12.9. The summed E-state index contributed by atoms with van der Waals surface area (Å²) in [7, 11) is 0. The molecule has 0 bridgehead atoms. The molecule has 0 atom stereocenters. The number of amides is 2. The van der Waals surface area contributed by atoms with Crippen molar-refractivity contribution in [2.75, 3.05) is 0 Å². The van der Waals surface area contributed by atoms with Crippen LogP contribution in [0.15, 0.2) is 59.5 Å². The Bertz CT molecular complexity index is 1120. The van der Waals surface area contributed by atoms with E-state index in [4.69, 9.17) is 0 Å². The Morgan fingerprint density at radius 1 is 0.893 bits per heavy atom. The van der Waals surface area contributed by atoms with E-state index in [2.05, 4.69) is 19.1 Å². The maximum atomic E-state index is 12.9. The minimum atomic E-state index is -0.220. The molecular weight excluding hydrogens is 366 g/mol. The third-order valence-corrected chi connectivity index (χ3v) is 5.95. The molecule has 28 heavy (non-hydrogen) atoms. The van der Waals surface area contributed by atoms with Crippen molar-refractivity contribution in [2.24, 2.45) is 0 Å². The predicted octanol–water partition coefficient (Wildman–Crippen LogP) is 6.00. The molecule has 2 amide bonds. The highest BCUT2D eigenvalue weighted by Crippen LogP contribution is 2.34. The van der Waals surface area contributed by atoms with Gasteiger partial charge in [-0.3, -0.25) is 14.5 Å². The zero-order valence-corrected chi connectivity index (χ0v) is 17.0. The third-order valence-electron chi connectivity index (χ3n) is 5.04. The SMILES string of the molecule is Cc1cc(C)c(/C=C2\SC(=O)N(Cc3ccc4ccccc4c3)C2=O)c(C)c1. The van der Waals surface area contributed by atoms with Crippen LogP contribution in [0, 0.1) is 20.8 Å². The highest BCUT2D eigenvalue weighted by Gasteiger charge is 2.35. The molecule has 1 fully saturated rings. The number of carbonyl (C=O) groups is 2. The van der Waals surface area contributed by atoms with Crippen LogP contribution in [0.2, 0.25) is 0 Å². The quantitative estimate of drug-likeness (QED) is 0.517. The van der Waals surface area contributed by atoms with E-state index in [1.54, 1.807) is 0 Å². The van der Waals surface area contributed by atoms with Crippen LogP contribution in [-0.4, -0.2) is 16.0 Å². The molecule has 3 aromatic rings. The van der Waals surface area contributed by atoms with Crippen molar-refractivity contribution in [1.29, 1.82) is 0 Å². The number of fused-ring (bicyclic) bond motifs is 1. The second-order valence-electron chi connectivity index (χ2n) is 7.26. The van der Waals surface area contributed by atoms with Gasteiger partial charge < -0.3 is 0 Å². The number of imide groups is 1. The standard InChI is InChI=1S/C24H21NO2S/c1-15-10-16(2)21(17(3)11-15)13-22-23(26)25(24(27)28-22)14-18-8-9-19-6-4-5-7-20(19)12-18/h4-13H,14H2,1-3H3/b22-13-. The summed E-state index contributed by atoms with van der Waals surface area (Å²) in [6, 6.07) is 18.3. The molecule has 1 heterocycles. The highest BCUT2D eigenvalue weighted by atomic mass is 32.2. The van der Waals surface area contributed by atoms with E-state index in [1.165, 1.54) is 10.5 Å². The minimum absolute atomic E-state index is 0.216. The Morgan fingerprint density at radius 2 is 1.57 bits per heavy atom. The van der Waals surface area contributed by atoms with Crippen molar-refractivity contribution in [2.45, 2.75) is 27.3 Å². The molecule has 140 valence electrons. The van der Waals surface area contributed by atoms with Crippen molar-refractivity contribution < 1.29 is 9.59 Å². The van der Waals surface area contributed by atoms with Crippen molar-refractivity contribution in [3.63, 3.8) is 0 Å². The Hall–Kier alpha value is -2.85. The number of rotatable bonds is 3. The molecule has 1 aliphatic heterocycles. The lowest BCUT2D eigenvalue weighted by Crippen LogP contribution is -2.27. The molecular formula is C24H21NO2S. The number of hydrogen-bond donors (Lipinski definition) is 0. The van der Waals surface area contributed by atoms with Crippen LogP contribution in [0.4, 0.5) is 4.79 Å². The minimum Gasteiger partial charge on any atom is -0.268 e. The van der Waals surface area contributed by atoms with E-state index in [1.807, 2.05) is 62.4 Å². The number of thioether (sulfide) groups is 1. The largest absolute Gasteiger partial charge is 0.293 e. The van der Waals surface area contributed by atoms with E-state index >= 15 is 0 Å². The Labute approximate surface area is 169 Å². The van der Waals surface area contributed by atoms with Gasteiger partial charge in [-0.2, -0.15) is 0 Å². The van der Waals surface area contributed by atoms with Crippen molar-refractivity contribution in [1.82, 2.24) is 4.90 Å². The van der Waals surface area contributed by atoms with Crippen LogP contribution in [0.1, 0.15) is 27.8 Å². The Kier molecular flexibility index (Phi) is 4.82. The molecule has 0 aromatic heterocycles. The predicted molar refractivity (Wildman–Crippen MR) is 116 cm³/mol. The van der Waals surface area contributed by atoms with E-state index in [-0.39, 0.29) is 11.1 Å². The topological polar surface area (TPSA) is 37.4 Å². The van der Waals surface area contributed by atoms with Crippen LogP contribution < -0.4 is 0 Å². The van der Waals surface area contributed by atoms with E-state index in [0.29, 0.717) is 11.4 Å². The van der Waals surface area contributed by atoms with Crippen LogP contribution in [0.5, 0.6) is 0 Å². The first-order valence-electron chi connectivity index (χ1n) is 9.23. The lowest BCUT2D eigenvalue weighted by atomic mass is 9.99. The molecule has 3 nitrogen and oxygen atoms in total. The van der Waals surface area contributed by atoms with E-state index in [9.17, 15) is 9.59 Å². The van der Waals surface area contributed by atoms with Gasteiger partial charge in [0.1, 0.15) is 0 Å². The molecule has 4 heteroatoms. The van der Waals surface area contributed by atoms with Gasteiger partial charge in [0, 0.05) is 0 Å². The number of hydrogen-bond acceptors (Lipinski definition) is 3. The smallest absolute Gasteiger partial charge is 0.268 e. The fourth-order valence-electron chi connectivity index (χ4n) is 3.71. The highest BCUT2D eigenvalue weighted by molar-refractivity contribution is 8.18. The molecule has 1 aliphatic rings. The number of benzene rings is 3. The van der Waals surface area contributed by atoms with Gasteiger partial charge in [-0.25, -0.2) is 0 Å². The normalized spacial score (nSPS) is 15.8. The molecule has 0 aliphatic carbocycles. The zero-order valence-electron chi connectivity index (χ0n) is 16.2. The maximum Gasteiger partial charge on any atom is 0.293 e. The summed E-state index contributed by atoms with van der Waals surface area (Å²) in [6.45, 7) is 6.41. The summed E-state index contributed by atoms with van der Waals surface area (Å²) in [5.41, 5.74) is 5.38. The summed E-state index contributed by atoms with van der Waals surface area (Å²) in [4.78, 5) is 27.2. The van der Waals surface area contributed by atoms with Crippen LogP contribution in [0.3, 0.4) is 0 Å². The van der Waals surface area contributed by atoms with Gasteiger partial charge in [0.25, 0.3) is 11.1 Å². The molecule has 4 rings (SSSR count). The molecule has 0 saturated carbocycles. The molecule has 1 saturated heterocycles. The summed E-state index contributed by atoms with van der Waals surface area (Å²) in [5.74, 6) is -0.220. The Morgan fingerprint density at radius 3 is 2.29 bits per heavy atom. The van der Waals surface area contributed by atoms with Crippen LogP contribution >= 0.6 is 11.8 Å². The third kappa shape index (κ3) is 3.48. The van der Waals surface area contributed by atoms with Gasteiger partial charge in [-0.05, 0) is 77.7 Å². The molecule has 0 radical (unpaired) electrons.